The summed E-state index contributed by atoms with van der Waals surface area (Å²) in [6.45, 7) is 7.60. The average Bonchev–Trinajstić information content (AvgIpc) is 2.92. The maximum Gasteiger partial charge on any atom is 0.310 e. The number of methoxy groups -OCH3 is 1. The molecule has 2 saturated heterocycles. The first kappa shape index (κ1) is 27.3. The van der Waals surface area contributed by atoms with Crippen molar-refractivity contribution in [1.29, 1.82) is 0 Å². The van der Waals surface area contributed by atoms with E-state index in [1.165, 1.54) is 0 Å². The Hall–Kier alpha value is -2.69. The number of piperidine rings is 1. The lowest BCUT2D eigenvalue weighted by atomic mass is 9.97. The largest absolute Gasteiger partial charge is 0.466 e. The highest BCUT2D eigenvalue weighted by Crippen LogP contribution is 2.25. The monoisotopic (exact) mass is 527 g/mol. The first-order valence-corrected chi connectivity index (χ1v) is 13.9. The van der Waals surface area contributed by atoms with E-state index in [4.69, 9.17) is 14.5 Å². The van der Waals surface area contributed by atoms with Crippen molar-refractivity contribution >= 4 is 29.5 Å². The van der Waals surface area contributed by atoms with E-state index in [-0.39, 0.29) is 17.8 Å². The summed E-state index contributed by atoms with van der Waals surface area (Å²) in [6, 6.07) is 9.71. The van der Waals surface area contributed by atoms with Crippen LogP contribution in [-0.4, -0.2) is 91.7 Å². The Bertz CT molecular complexity index is 1060. The normalized spacial score (nSPS) is 18.6. The Balaban J connectivity index is 1.37. The zero-order chi connectivity index (χ0) is 26.2. The molecular formula is C27H37N5O4S. The van der Waals surface area contributed by atoms with Crippen LogP contribution in [0.25, 0.3) is 0 Å². The molecule has 10 heteroatoms. The molecule has 1 atom stereocenters. The van der Waals surface area contributed by atoms with Gasteiger partial charge in [0.05, 0.1) is 24.8 Å². The van der Waals surface area contributed by atoms with E-state index in [9.17, 15) is 9.59 Å². The quantitative estimate of drug-likeness (QED) is 0.277. The molecule has 2 aliphatic rings. The molecule has 9 nitrogen and oxygen atoms in total. The van der Waals surface area contributed by atoms with Gasteiger partial charge in [0, 0.05) is 63.8 Å². The summed E-state index contributed by atoms with van der Waals surface area (Å²) in [7, 11) is 3.81. The van der Waals surface area contributed by atoms with E-state index in [1.807, 2.05) is 30.3 Å². The minimum atomic E-state index is -0.238. The van der Waals surface area contributed by atoms with E-state index >= 15 is 0 Å². The Morgan fingerprint density at radius 3 is 2.54 bits per heavy atom. The number of amides is 1. The van der Waals surface area contributed by atoms with Crippen LogP contribution in [0.2, 0.25) is 0 Å². The lowest BCUT2D eigenvalue weighted by Gasteiger charge is -2.33. The molecule has 0 spiro atoms. The Labute approximate surface area is 223 Å². The van der Waals surface area contributed by atoms with Crippen LogP contribution in [0.1, 0.15) is 41.4 Å². The minimum Gasteiger partial charge on any atom is -0.466 e. The van der Waals surface area contributed by atoms with E-state index in [0.29, 0.717) is 37.6 Å². The Morgan fingerprint density at radius 1 is 1.08 bits per heavy atom. The van der Waals surface area contributed by atoms with Crippen LogP contribution in [0.5, 0.6) is 0 Å². The molecule has 0 unspecified atom stereocenters. The van der Waals surface area contributed by atoms with Crippen LogP contribution in [0, 0.1) is 5.92 Å². The fraction of sp³-hybridized carbons (Fsp3) is 0.556. The van der Waals surface area contributed by atoms with Crippen molar-refractivity contribution in [3.8, 4) is 0 Å². The van der Waals surface area contributed by atoms with Crippen molar-refractivity contribution in [1.82, 2.24) is 19.8 Å². The molecule has 0 saturated carbocycles. The molecule has 4 rings (SSSR count). The highest BCUT2D eigenvalue weighted by Gasteiger charge is 2.29. The van der Waals surface area contributed by atoms with Gasteiger partial charge >= 0.3 is 5.97 Å². The van der Waals surface area contributed by atoms with E-state index < -0.39 is 0 Å². The maximum atomic E-state index is 13.1. The smallest absolute Gasteiger partial charge is 0.310 e. The summed E-state index contributed by atoms with van der Waals surface area (Å²) in [5.74, 6) is 1.15. The van der Waals surface area contributed by atoms with Crippen LogP contribution < -0.4 is 4.90 Å². The van der Waals surface area contributed by atoms with Gasteiger partial charge in [-0.1, -0.05) is 23.9 Å². The van der Waals surface area contributed by atoms with Crippen molar-refractivity contribution in [3.63, 3.8) is 0 Å². The zero-order valence-electron chi connectivity index (χ0n) is 22.0. The number of likely N-dealkylation sites (tertiary alicyclic amines) is 1. The number of hydrogen-bond donors (Lipinski definition) is 0. The molecular weight excluding hydrogens is 490 g/mol. The molecule has 0 N–H and O–H groups in total. The third-order valence-electron chi connectivity index (χ3n) is 6.76. The summed E-state index contributed by atoms with van der Waals surface area (Å²) in [5.41, 5.74) is 2.60. The van der Waals surface area contributed by atoms with Crippen LogP contribution in [0.15, 0.2) is 35.5 Å². The molecule has 0 bridgehead atoms. The van der Waals surface area contributed by atoms with Crippen molar-refractivity contribution < 1.29 is 19.1 Å². The van der Waals surface area contributed by atoms with Crippen LogP contribution >= 0.6 is 11.8 Å². The number of carbonyl (C=O) groups is 2. The maximum absolute atomic E-state index is 13.1. The second-order valence-corrected chi connectivity index (χ2v) is 10.5. The van der Waals surface area contributed by atoms with Crippen molar-refractivity contribution in [3.05, 3.63) is 47.2 Å². The third-order valence-corrected chi connectivity index (χ3v) is 7.68. The number of piperazine rings is 1. The number of esters is 1. The molecule has 1 aromatic carbocycles. The van der Waals surface area contributed by atoms with Gasteiger partial charge in [0.1, 0.15) is 5.82 Å². The highest BCUT2D eigenvalue weighted by atomic mass is 32.2. The van der Waals surface area contributed by atoms with Crippen LogP contribution in [-0.2, 0) is 26.6 Å². The first-order valence-electron chi connectivity index (χ1n) is 12.9. The third kappa shape index (κ3) is 7.43. The molecule has 37 heavy (non-hydrogen) atoms. The van der Waals surface area contributed by atoms with E-state index in [0.717, 1.165) is 61.3 Å². The van der Waals surface area contributed by atoms with Crippen LogP contribution in [0.3, 0.4) is 0 Å². The SMILES string of the molecule is CCOC(=O)[C@@H]1CCCN(C(=O)c2ccc(CSc3nc(COC)cc(N4CCN(C)CC4)n3)cc2)C1. The molecule has 2 fully saturated rings. The lowest BCUT2D eigenvalue weighted by molar-refractivity contribution is -0.149. The minimum absolute atomic E-state index is 0.0411. The number of nitrogens with zero attached hydrogens (tertiary/aromatic N) is 5. The number of ether oxygens (including phenoxy) is 2. The van der Waals surface area contributed by atoms with Gasteiger partial charge in [0.2, 0.25) is 0 Å². The summed E-state index contributed by atoms with van der Waals surface area (Å²) in [4.78, 5) is 41.1. The first-order chi connectivity index (χ1) is 18.0. The lowest BCUT2D eigenvalue weighted by Crippen LogP contribution is -2.44. The molecule has 200 valence electrons. The second-order valence-electron chi connectivity index (χ2n) is 9.55. The molecule has 3 heterocycles. The number of likely N-dealkylation sites (N-methyl/N-ethyl adjacent to an activating group) is 1. The molecule has 1 amide bonds. The van der Waals surface area contributed by atoms with Gasteiger partial charge in [-0.2, -0.15) is 0 Å². The van der Waals surface area contributed by atoms with Gasteiger partial charge < -0.3 is 24.2 Å². The number of anilines is 1. The average molecular weight is 528 g/mol. The fourth-order valence-corrected chi connectivity index (χ4v) is 5.46. The summed E-state index contributed by atoms with van der Waals surface area (Å²) >= 11 is 1.58. The van der Waals surface area contributed by atoms with Gasteiger partial charge in [-0.25, -0.2) is 9.97 Å². The number of hydrogen-bond acceptors (Lipinski definition) is 9. The van der Waals surface area contributed by atoms with Gasteiger partial charge in [0.15, 0.2) is 5.16 Å². The van der Waals surface area contributed by atoms with Crippen molar-refractivity contribution in [2.24, 2.45) is 5.92 Å². The predicted octanol–water partition coefficient (Wildman–Crippen LogP) is 3.08. The second kappa shape index (κ2) is 13.2. The Kier molecular flexibility index (Phi) is 9.76. The highest BCUT2D eigenvalue weighted by molar-refractivity contribution is 7.98. The summed E-state index contributed by atoms with van der Waals surface area (Å²) in [5, 5.41) is 0.724. The molecule has 1 aromatic heterocycles. The molecule has 0 radical (unpaired) electrons. The topological polar surface area (TPSA) is 88.1 Å². The number of carbonyl (C=O) groups excluding carboxylic acids is 2. The molecule has 0 aliphatic carbocycles. The van der Waals surface area contributed by atoms with Crippen molar-refractivity contribution in [2.75, 3.05) is 64.9 Å². The summed E-state index contributed by atoms with van der Waals surface area (Å²) < 4.78 is 10.5. The van der Waals surface area contributed by atoms with E-state index in [1.54, 1.807) is 30.7 Å². The zero-order valence-corrected chi connectivity index (χ0v) is 22.8. The standard InChI is InChI=1S/C27H37N5O4S/c1-4-36-26(34)22-6-5-11-32(17-22)25(33)21-9-7-20(8-10-21)19-37-27-28-23(18-35-3)16-24(29-27)31-14-12-30(2)13-15-31/h7-10,16,22H,4-6,11-15,17-19H2,1-3H3/t22-/m1/s1. The number of thioether (sulfide) groups is 1. The predicted molar refractivity (Wildman–Crippen MR) is 144 cm³/mol. The Morgan fingerprint density at radius 2 is 1.84 bits per heavy atom. The summed E-state index contributed by atoms with van der Waals surface area (Å²) in [6.07, 6.45) is 1.57. The number of aromatic nitrogens is 2. The van der Waals surface area contributed by atoms with Gasteiger partial charge in [-0.3, -0.25) is 9.59 Å². The fourth-order valence-electron chi connectivity index (χ4n) is 4.63. The number of benzene rings is 1. The molecule has 2 aliphatic heterocycles. The van der Waals surface area contributed by atoms with Gasteiger partial charge in [-0.15, -0.1) is 0 Å². The van der Waals surface area contributed by atoms with E-state index in [2.05, 4.69) is 21.8 Å². The molecule has 2 aromatic rings. The van der Waals surface area contributed by atoms with Gasteiger partial charge in [0.25, 0.3) is 5.91 Å². The number of rotatable bonds is 9. The van der Waals surface area contributed by atoms with Gasteiger partial charge in [-0.05, 0) is 44.5 Å². The van der Waals surface area contributed by atoms with Crippen LogP contribution in [0.4, 0.5) is 5.82 Å². The van der Waals surface area contributed by atoms with Crippen molar-refractivity contribution in [2.45, 2.75) is 37.3 Å².